The highest BCUT2D eigenvalue weighted by Crippen LogP contribution is 2.31. The van der Waals surface area contributed by atoms with Crippen LogP contribution in [0.2, 0.25) is 0 Å². The second kappa shape index (κ2) is 7.61. The van der Waals surface area contributed by atoms with Crippen molar-refractivity contribution in [3.63, 3.8) is 0 Å². The molecular formula is C19H21N5O3. The van der Waals surface area contributed by atoms with Gasteiger partial charge in [-0.2, -0.15) is 0 Å². The lowest BCUT2D eigenvalue weighted by Crippen LogP contribution is -2.17. The Labute approximate surface area is 156 Å². The Hall–Kier alpha value is -3.16. The maximum Gasteiger partial charge on any atom is 0.343 e. The maximum absolute atomic E-state index is 11.8. The number of aromatic nitrogens is 4. The highest BCUT2D eigenvalue weighted by molar-refractivity contribution is 5.99. The quantitative estimate of drug-likeness (QED) is 0.683. The number of nitrogens with zero attached hydrogens (tertiary/aromatic N) is 4. The molecule has 4 rings (SSSR count). The number of carboxylic acids is 1. The Morgan fingerprint density at radius 1 is 1.22 bits per heavy atom. The van der Waals surface area contributed by atoms with Gasteiger partial charge < -0.3 is 19.5 Å². The van der Waals surface area contributed by atoms with Gasteiger partial charge in [0, 0.05) is 11.6 Å². The third kappa shape index (κ3) is 3.55. The van der Waals surface area contributed by atoms with E-state index in [-0.39, 0.29) is 17.1 Å². The minimum Gasteiger partial charge on any atom is -0.477 e. The summed E-state index contributed by atoms with van der Waals surface area (Å²) in [6.45, 7) is 0.331. The minimum absolute atomic E-state index is 0.0185. The third-order valence-electron chi connectivity index (χ3n) is 4.97. The summed E-state index contributed by atoms with van der Waals surface area (Å²) in [7, 11) is 0. The Morgan fingerprint density at radius 2 is 2.00 bits per heavy atom. The van der Waals surface area contributed by atoms with Crippen LogP contribution in [-0.2, 0) is 6.54 Å². The van der Waals surface area contributed by atoms with Gasteiger partial charge in [-0.1, -0.05) is 54.8 Å². The molecule has 0 saturated heterocycles. The van der Waals surface area contributed by atoms with Crippen LogP contribution in [0.5, 0.6) is 0 Å². The number of rotatable bonds is 6. The van der Waals surface area contributed by atoms with Gasteiger partial charge in [0.25, 0.3) is 0 Å². The van der Waals surface area contributed by atoms with Crippen LogP contribution in [-0.4, -0.2) is 31.0 Å². The zero-order chi connectivity index (χ0) is 18.6. The number of anilines is 1. The van der Waals surface area contributed by atoms with E-state index in [1.54, 1.807) is 18.5 Å². The van der Waals surface area contributed by atoms with Crippen molar-refractivity contribution in [2.24, 2.45) is 0 Å². The Kier molecular flexibility index (Phi) is 4.86. The average Bonchev–Trinajstić information content (AvgIpc) is 3.34. The Bertz CT molecular complexity index is 913. The van der Waals surface area contributed by atoms with Gasteiger partial charge in [-0.15, -0.1) is 10.2 Å². The Balaban J connectivity index is 1.55. The van der Waals surface area contributed by atoms with E-state index in [1.807, 2.05) is 18.2 Å². The lowest BCUT2D eigenvalue weighted by molar-refractivity contribution is 0.0698. The number of carbonyl (C=O) groups is 1. The molecular weight excluding hydrogens is 346 g/mol. The molecule has 1 aromatic carbocycles. The average molecular weight is 367 g/mol. The van der Waals surface area contributed by atoms with Gasteiger partial charge in [0.1, 0.15) is 6.33 Å². The molecule has 27 heavy (non-hydrogen) atoms. The van der Waals surface area contributed by atoms with Crippen LogP contribution in [0.3, 0.4) is 0 Å². The molecule has 0 atom stereocenters. The molecule has 1 aliphatic rings. The first-order valence-corrected chi connectivity index (χ1v) is 9.14. The molecule has 0 spiro atoms. The topological polar surface area (TPSA) is 106 Å². The normalized spacial score (nSPS) is 15.0. The van der Waals surface area contributed by atoms with Crippen molar-refractivity contribution >= 4 is 11.8 Å². The summed E-state index contributed by atoms with van der Waals surface area (Å²) in [4.78, 5) is 11.8. The maximum atomic E-state index is 11.8. The van der Waals surface area contributed by atoms with Gasteiger partial charge in [-0.3, -0.25) is 0 Å². The van der Waals surface area contributed by atoms with Crippen LogP contribution in [0.15, 0.2) is 41.2 Å². The van der Waals surface area contributed by atoms with E-state index < -0.39 is 5.97 Å². The van der Waals surface area contributed by atoms with Crippen LogP contribution in [0.4, 0.5) is 5.82 Å². The third-order valence-corrected chi connectivity index (χ3v) is 4.97. The van der Waals surface area contributed by atoms with Crippen molar-refractivity contribution in [1.82, 2.24) is 19.9 Å². The van der Waals surface area contributed by atoms with Gasteiger partial charge in [-0.25, -0.2) is 4.79 Å². The van der Waals surface area contributed by atoms with Gasteiger partial charge in [0.15, 0.2) is 23.0 Å². The van der Waals surface area contributed by atoms with E-state index in [0.717, 1.165) is 18.7 Å². The highest BCUT2D eigenvalue weighted by atomic mass is 16.5. The first kappa shape index (κ1) is 17.3. The van der Waals surface area contributed by atoms with Crippen LogP contribution in [0, 0.1) is 0 Å². The van der Waals surface area contributed by atoms with Crippen molar-refractivity contribution in [1.29, 1.82) is 0 Å². The van der Waals surface area contributed by atoms with Gasteiger partial charge in [0.2, 0.25) is 0 Å². The summed E-state index contributed by atoms with van der Waals surface area (Å²) in [5.74, 6) is 0.104. The predicted molar refractivity (Wildman–Crippen MR) is 98.4 cm³/mol. The van der Waals surface area contributed by atoms with Crippen LogP contribution in [0.1, 0.15) is 54.3 Å². The van der Waals surface area contributed by atoms with Crippen LogP contribution >= 0.6 is 0 Å². The van der Waals surface area contributed by atoms with Crippen molar-refractivity contribution in [2.75, 3.05) is 5.32 Å². The lowest BCUT2D eigenvalue weighted by atomic mass is 9.95. The molecule has 140 valence electrons. The number of hydrogen-bond donors (Lipinski definition) is 2. The molecule has 2 aromatic heterocycles. The van der Waals surface area contributed by atoms with Crippen LogP contribution in [0.25, 0.3) is 11.3 Å². The second-order valence-corrected chi connectivity index (χ2v) is 6.71. The van der Waals surface area contributed by atoms with E-state index >= 15 is 0 Å². The molecule has 0 aliphatic heterocycles. The summed E-state index contributed by atoms with van der Waals surface area (Å²) >= 11 is 0. The van der Waals surface area contributed by atoms with E-state index in [4.69, 9.17) is 4.52 Å². The predicted octanol–water partition coefficient (Wildman–Crippen LogP) is 3.75. The first-order chi connectivity index (χ1) is 13.2. The molecule has 8 heteroatoms. The SMILES string of the molecule is O=C(O)c1c(NCc2nncn2C2CCCCC2)noc1-c1ccccc1. The molecule has 0 bridgehead atoms. The molecule has 2 N–H and O–H groups in total. The van der Waals surface area contributed by atoms with E-state index in [1.165, 1.54) is 19.3 Å². The monoisotopic (exact) mass is 367 g/mol. The molecule has 3 aromatic rings. The Morgan fingerprint density at radius 3 is 2.74 bits per heavy atom. The summed E-state index contributed by atoms with van der Waals surface area (Å²) in [6.07, 6.45) is 7.69. The fourth-order valence-electron chi connectivity index (χ4n) is 3.62. The van der Waals surface area contributed by atoms with E-state index in [9.17, 15) is 9.90 Å². The standard InChI is InChI=1S/C19H21N5O3/c25-19(26)16-17(13-7-3-1-4-8-13)27-23-18(16)20-11-15-22-21-12-24(15)14-9-5-2-6-10-14/h1,3-4,7-8,12,14H,2,5-6,9-11H2,(H,20,23)(H,25,26). The van der Waals surface area contributed by atoms with E-state index in [0.29, 0.717) is 18.2 Å². The summed E-state index contributed by atoms with van der Waals surface area (Å²) in [5.41, 5.74) is 0.686. The van der Waals surface area contributed by atoms with Gasteiger partial charge in [-0.05, 0) is 12.8 Å². The van der Waals surface area contributed by atoms with Crippen molar-refractivity contribution in [3.8, 4) is 11.3 Å². The summed E-state index contributed by atoms with van der Waals surface area (Å²) in [6, 6.07) is 9.48. The molecule has 8 nitrogen and oxygen atoms in total. The number of hydrogen-bond acceptors (Lipinski definition) is 6. The van der Waals surface area contributed by atoms with Gasteiger partial charge >= 0.3 is 5.97 Å². The smallest absolute Gasteiger partial charge is 0.343 e. The largest absolute Gasteiger partial charge is 0.477 e. The zero-order valence-electron chi connectivity index (χ0n) is 14.8. The summed E-state index contributed by atoms with van der Waals surface area (Å²) < 4.78 is 7.41. The second-order valence-electron chi connectivity index (χ2n) is 6.71. The van der Waals surface area contributed by atoms with Crippen LogP contribution < -0.4 is 5.32 Å². The fourth-order valence-corrected chi connectivity index (χ4v) is 3.62. The number of nitrogens with one attached hydrogen (secondary N) is 1. The molecule has 0 amide bonds. The molecule has 0 unspecified atom stereocenters. The zero-order valence-corrected chi connectivity index (χ0v) is 14.8. The molecule has 2 heterocycles. The molecule has 1 saturated carbocycles. The minimum atomic E-state index is -1.09. The van der Waals surface area contributed by atoms with E-state index in [2.05, 4.69) is 25.2 Å². The lowest BCUT2D eigenvalue weighted by Gasteiger charge is -2.24. The summed E-state index contributed by atoms with van der Waals surface area (Å²) in [5, 5.41) is 24.9. The number of carboxylic acid groups (broad SMARTS) is 1. The molecule has 1 fully saturated rings. The number of aromatic carboxylic acids is 1. The highest BCUT2D eigenvalue weighted by Gasteiger charge is 2.24. The molecule has 0 radical (unpaired) electrons. The van der Waals surface area contributed by atoms with Crippen molar-refractivity contribution < 1.29 is 14.4 Å². The van der Waals surface area contributed by atoms with Crippen molar-refractivity contribution in [3.05, 3.63) is 48.0 Å². The fraction of sp³-hybridized carbons (Fsp3) is 0.368. The van der Waals surface area contributed by atoms with Gasteiger partial charge in [0.05, 0.1) is 6.54 Å². The number of benzene rings is 1. The van der Waals surface area contributed by atoms with Crippen molar-refractivity contribution in [2.45, 2.75) is 44.7 Å². The molecule has 1 aliphatic carbocycles. The first-order valence-electron chi connectivity index (χ1n) is 9.14.